The number of nitrogens with one attached hydrogen (secondary N) is 1. The van der Waals surface area contributed by atoms with Crippen molar-refractivity contribution in [1.29, 1.82) is 0 Å². The van der Waals surface area contributed by atoms with Crippen LogP contribution in [0.1, 0.15) is 13.8 Å². The quantitative estimate of drug-likeness (QED) is 0.807. The molecular formula is C21H28N4O4S. The Kier molecular flexibility index (Phi) is 5.97. The first-order chi connectivity index (χ1) is 14.3. The summed E-state index contributed by atoms with van der Waals surface area (Å²) in [6.45, 7) is 5.75. The van der Waals surface area contributed by atoms with E-state index >= 15 is 0 Å². The molecule has 0 radical (unpaired) electrons. The lowest BCUT2D eigenvalue weighted by atomic mass is 10.1. The van der Waals surface area contributed by atoms with Crippen molar-refractivity contribution < 1.29 is 17.9 Å². The molecule has 2 aliphatic rings. The summed E-state index contributed by atoms with van der Waals surface area (Å²) in [5, 5.41) is 5.01. The van der Waals surface area contributed by atoms with E-state index in [0.29, 0.717) is 26.2 Å². The summed E-state index contributed by atoms with van der Waals surface area (Å²) in [4.78, 5) is 14.4. The normalized spacial score (nSPS) is 24.1. The minimum Gasteiger partial charge on any atom is -0.373 e. The van der Waals surface area contributed by atoms with Crippen LogP contribution in [0, 0.1) is 0 Å². The van der Waals surface area contributed by atoms with Crippen LogP contribution in [0.2, 0.25) is 0 Å². The van der Waals surface area contributed by atoms with E-state index in [1.807, 2.05) is 56.3 Å². The van der Waals surface area contributed by atoms with Gasteiger partial charge in [0.15, 0.2) is 0 Å². The van der Waals surface area contributed by atoms with Crippen LogP contribution >= 0.6 is 0 Å². The zero-order valence-corrected chi connectivity index (χ0v) is 18.1. The molecule has 162 valence electrons. The van der Waals surface area contributed by atoms with E-state index in [1.54, 1.807) is 4.90 Å². The number of urea groups is 1. The van der Waals surface area contributed by atoms with Crippen molar-refractivity contribution in [1.82, 2.24) is 13.5 Å². The molecule has 9 heteroatoms. The molecule has 2 fully saturated rings. The largest absolute Gasteiger partial charge is 0.373 e. The number of benzene rings is 2. The van der Waals surface area contributed by atoms with E-state index in [1.165, 1.54) is 8.61 Å². The lowest BCUT2D eigenvalue weighted by Gasteiger charge is -2.40. The van der Waals surface area contributed by atoms with E-state index in [2.05, 4.69) is 5.32 Å². The van der Waals surface area contributed by atoms with Gasteiger partial charge in [0.05, 0.1) is 17.9 Å². The van der Waals surface area contributed by atoms with Crippen molar-refractivity contribution in [3.63, 3.8) is 0 Å². The number of amides is 2. The number of carbonyl (C=O) groups is 1. The molecule has 2 aliphatic heterocycles. The van der Waals surface area contributed by atoms with Crippen molar-refractivity contribution in [2.24, 2.45) is 0 Å². The molecule has 0 aliphatic carbocycles. The summed E-state index contributed by atoms with van der Waals surface area (Å²) in [6, 6.07) is 13.5. The molecule has 0 saturated carbocycles. The average molecular weight is 433 g/mol. The third kappa shape index (κ3) is 4.29. The van der Waals surface area contributed by atoms with Crippen LogP contribution < -0.4 is 5.32 Å². The zero-order valence-electron chi connectivity index (χ0n) is 17.3. The number of rotatable bonds is 3. The van der Waals surface area contributed by atoms with Crippen molar-refractivity contribution in [3.8, 4) is 0 Å². The van der Waals surface area contributed by atoms with Gasteiger partial charge in [-0.2, -0.15) is 17.0 Å². The van der Waals surface area contributed by atoms with Gasteiger partial charge in [-0.25, -0.2) is 4.79 Å². The maximum atomic E-state index is 13.0. The summed E-state index contributed by atoms with van der Waals surface area (Å²) < 4.78 is 34.7. The molecule has 2 aromatic rings. The molecule has 0 spiro atoms. The van der Waals surface area contributed by atoms with Gasteiger partial charge in [-0.1, -0.05) is 36.4 Å². The average Bonchev–Trinajstić information content (AvgIpc) is 2.73. The molecular weight excluding hydrogens is 404 g/mol. The van der Waals surface area contributed by atoms with E-state index in [-0.39, 0.29) is 31.3 Å². The predicted octanol–water partition coefficient (Wildman–Crippen LogP) is 2.34. The van der Waals surface area contributed by atoms with Crippen LogP contribution in [0.4, 0.5) is 10.5 Å². The van der Waals surface area contributed by atoms with Gasteiger partial charge >= 0.3 is 6.03 Å². The molecule has 2 aromatic carbocycles. The zero-order chi connectivity index (χ0) is 21.3. The summed E-state index contributed by atoms with van der Waals surface area (Å²) in [7, 11) is -3.56. The number of morpholine rings is 1. The molecule has 2 heterocycles. The Hall–Kier alpha value is -2.20. The summed E-state index contributed by atoms with van der Waals surface area (Å²) in [5.74, 6) is 0. The first kappa shape index (κ1) is 21.0. The molecule has 1 N–H and O–H groups in total. The maximum absolute atomic E-state index is 13.0. The van der Waals surface area contributed by atoms with Crippen molar-refractivity contribution in [2.75, 3.05) is 44.6 Å². The van der Waals surface area contributed by atoms with Crippen LogP contribution in [0.5, 0.6) is 0 Å². The molecule has 30 heavy (non-hydrogen) atoms. The SMILES string of the molecule is C[C@@H]1CN(S(=O)(=O)N2CCN(C(=O)Nc3cccc4ccccc34)CC2)C[C@@H](C)O1. The third-order valence-electron chi connectivity index (χ3n) is 5.60. The molecule has 0 bridgehead atoms. The fourth-order valence-electron chi connectivity index (χ4n) is 4.13. The van der Waals surface area contributed by atoms with E-state index in [4.69, 9.17) is 4.74 Å². The monoisotopic (exact) mass is 432 g/mol. The topological polar surface area (TPSA) is 82.2 Å². The van der Waals surface area contributed by atoms with Gasteiger partial charge in [0.2, 0.25) is 0 Å². The highest BCUT2D eigenvalue weighted by Crippen LogP contribution is 2.24. The first-order valence-electron chi connectivity index (χ1n) is 10.3. The Bertz CT molecular complexity index is 1010. The van der Waals surface area contributed by atoms with Crippen LogP contribution in [-0.2, 0) is 14.9 Å². The van der Waals surface area contributed by atoms with Gasteiger partial charge in [-0.15, -0.1) is 0 Å². The Morgan fingerprint density at radius 2 is 1.57 bits per heavy atom. The Labute approximate surface area is 177 Å². The fraction of sp³-hybridized carbons (Fsp3) is 0.476. The first-order valence-corrected chi connectivity index (χ1v) is 11.7. The predicted molar refractivity (Wildman–Crippen MR) is 117 cm³/mol. The van der Waals surface area contributed by atoms with Crippen LogP contribution in [0.3, 0.4) is 0 Å². The molecule has 0 unspecified atom stereocenters. The number of carbonyl (C=O) groups excluding carboxylic acids is 1. The van der Waals surface area contributed by atoms with Crippen LogP contribution in [0.15, 0.2) is 42.5 Å². The van der Waals surface area contributed by atoms with Gasteiger partial charge in [0.1, 0.15) is 0 Å². The Morgan fingerprint density at radius 3 is 2.27 bits per heavy atom. The minimum atomic E-state index is -3.56. The number of anilines is 1. The highest BCUT2D eigenvalue weighted by molar-refractivity contribution is 7.86. The number of piperazine rings is 1. The number of fused-ring (bicyclic) bond motifs is 1. The molecule has 0 aromatic heterocycles. The minimum absolute atomic E-state index is 0.128. The van der Waals surface area contributed by atoms with E-state index < -0.39 is 10.2 Å². The van der Waals surface area contributed by atoms with Gasteiger partial charge in [-0.05, 0) is 25.3 Å². The summed E-state index contributed by atoms with van der Waals surface area (Å²) >= 11 is 0. The Morgan fingerprint density at radius 1 is 0.933 bits per heavy atom. The molecule has 4 rings (SSSR count). The second kappa shape index (κ2) is 8.50. The third-order valence-corrected chi connectivity index (χ3v) is 7.56. The Balaban J connectivity index is 1.38. The standard InChI is InChI=1S/C21H28N4O4S/c1-16-14-25(15-17(2)29-16)30(27,28)24-12-10-23(11-13-24)21(26)22-20-9-5-7-18-6-3-4-8-19(18)20/h3-9,16-17H,10-15H2,1-2H3,(H,22,26)/t16-,17-/m1/s1. The van der Waals surface area contributed by atoms with Crippen LogP contribution in [-0.4, -0.2) is 79.4 Å². The number of hydrogen-bond donors (Lipinski definition) is 1. The number of nitrogens with zero attached hydrogens (tertiary/aromatic N) is 3. The molecule has 2 saturated heterocycles. The van der Waals surface area contributed by atoms with Crippen molar-refractivity contribution in [2.45, 2.75) is 26.1 Å². The fourth-order valence-corrected chi connectivity index (χ4v) is 5.88. The number of hydrogen-bond acceptors (Lipinski definition) is 4. The summed E-state index contributed by atoms with van der Waals surface area (Å²) in [5.41, 5.74) is 0.754. The summed E-state index contributed by atoms with van der Waals surface area (Å²) in [6.07, 6.45) is -0.257. The highest BCUT2D eigenvalue weighted by Gasteiger charge is 2.37. The molecule has 2 atom stereocenters. The lowest BCUT2D eigenvalue weighted by molar-refractivity contribution is -0.0456. The maximum Gasteiger partial charge on any atom is 0.321 e. The van der Waals surface area contributed by atoms with E-state index in [9.17, 15) is 13.2 Å². The lowest BCUT2D eigenvalue weighted by Crippen LogP contribution is -2.58. The second-order valence-corrected chi connectivity index (χ2v) is 9.85. The highest BCUT2D eigenvalue weighted by atomic mass is 32.2. The van der Waals surface area contributed by atoms with Gasteiger partial charge in [0, 0.05) is 44.7 Å². The molecule has 8 nitrogen and oxygen atoms in total. The second-order valence-electron chi connectivity index (χ2n) is 7.93. The van der Waals surface area contributed by atoms with E-state index in [0.717, 1.165) is 16.5 Å². The van der Waals surface area contributed by atoms with Crippen LogP contribution in [0.25, 0.3) is 10.8 Å². The van der Waals surface area contributed by atoms with Gasteiger partial charge < -0.3 is 15.0 Å². The van der Waals surface area contributed by atoms with Gasteiger partial charge in [-0.3, -0.25) is 0 Å². The molecule has 2 amide bonds. The van der Waals surface area contributed by atoms with Gasteiger partial charge in [0.25, 0.3) is 10.2 Å². The van der Waals surface area contributed by atoms with Crippen molar-refractivity contribution >= 4 is 32.7 Å². The smallest absolute Gasteiger partial charge is 0.321 e. The number of ether oxygens (including phenoxy) is 1. The van der Waals surface area contributed by atoms with Crippen molar-refractivity contribution in [3.05, 3.63) is 42.5 Å².